The molecule has 0 saturated heterocycles. The number of benzene rings is 1. The van der Waals surface area contributed by atoms with Crippen LogP contribution < -0.4 is 5.32 Å². The molecular weight excluding hydrogens is 218 g/mol. The molecule has 0 aromatic heterocycles. The Balaban J connectivity index is 1.97. The fourth-order valence-electron chi connectivity index (χ4n) is 3.59. The van der Waals surface area contributed by atoms with E-state index in [1.165, 1.54) is 30.4 Å². The van der Waals surface area contributed by atoms with Crippen LogP contribution in [0.25, 0.3) is 0 Å². The van der Waals surface area contributed by atoms with Crippen molar-refractivity contribution < 1.29 is 0 Å². The summed E-state index contributed by atoms with van der Waals surface area (Å²) in [6.07, 6.45) is 3.57. The summed E-state index contributed by atoms with van der Waals surface area (Å²) in [5, 5.41) is 3.86. The lowest BCUT2D eigenvalue weighted by molar-refractivity contribution is 0.224. The Morgan fingerprint density at radius 1 is 1.00 bits per heavy atom. The fraction of sp³-hybridized carbons (Fsp3) is 0.647. The predicted molar refractivity (Wildman–Crippen MR) is 78.9 cm³/mol. The van der Waals surface area contributed by atoms with Gasteiger partial charge in [-0.25, -0.2) is 0 Å². The van der Waals surface area contributed by atoms with Crippen molar-refractivity contribution in [3.05, 3.63) is 35.4 Å². The van der Waals surface area contributed by atoms with Crippen LogP contribution in [0, 0.1) is 5.41 Å². The van der Waals surface area contributed by atoms with Crippen molar-refractivity contribution in [1.29, 1.82) is 0 Å². The third-order valence-corrected chi connectivity index (χ3v) is 3.62. The summed E-state index contributed by atoms with van der Waals surface area (Å²) in [4.78, 5) is 0. The van der Waals surface area contributed by atoms with Gasteiger partial charge in [0.15, 0.2) is 0 Å². The zero-order chi connectivity index (χ0) is 13.4. The molecule has 1 aromatic carbocycles. The van der Waals surface area contributed by atoms with E-state index >= 15 is 0 Å². The van der Waals surface area contributed by atoms with Crippen LogP contribution >= 0.6 is 0 Å². The Kier molecular flexibility index (Phi) is 3.55. The van der Waals surface area contributed by atoms with Crippen LogP contribution in [0.4, 0.5) is 0 Å². The first-order valence-electron chi connectivity index (χ1n) is 7.10. The maximum atomic E-state index is 3.86. The van der Waals surface area contributed by atoms with E-state index in [1.54, 1.807) is 0 Å². The second-order valence-corrected chi connectivity index (χ2v) is 7.64. The van der Waals surface area contributed by atoms with Crippen molar-refractivity contribution in [3.63, 3.8) is 0 Å². The van der Waals surface area contributed by atoms with Crippen LogP contribution in [0.5, 0.6) is 0 Å². The summed E-state index contributed by atoms with van der Waals surface area (Å²) < 4.78 is 0. The van der Waals surface area contributed by atoms with Gasteiger partial charge >= 0.3 is 0 Å². The van der Waals surface area contributed by atoms with E-state index < -0.39 is 0 Å². The minimum atomic E-state index is 0.213. The van der Waals surface area contributed by atoms with E-state index in [-0.39, 0.29) is 5.54 Å². The Hall–Kier alpha value is -0.820. The Morgan fingerprint density at radius 3 is 1.94 bits per heavy atom. The third kappa shape index (κ3) is 3.58. The van der Waals surface area contributed by atoms with Crippen molar-refractivity contribution in [2.24, 2.45) is 5.41 Å². The maximum Gasteiger partial charge on any atom is 0.0153 e. The van der Waals surface area contributed by atoms with Gasteiger partial charge in [-0.3, -0.25) is 0 Å². The molecule has 18 heavy (non-hydrogen) atoms. The third-order valence-electron chi connectivity index (χ3n) is 3.62. The van der Waals surface area contributed by atoms with Crippen LogP contribution in [-0.2, 0) is 12.8 Å². The fourth-order valence-corrected chi connectivity index (χ4v) is 3.59. The zero-order valence-electron chi connectivity index (χ0n) is 12.5. The van der Waals surface area contributed by atoms with Crippen molar-refractivity contribution >= 4 is 0 Å². The van der Waals surface area contributed by atoms with Crippen LogP contribution in [0.1, 0.15) is 52.2 Å². The first kappa shape index (κ1) is 13.6. The molecular formula is C17H27N. The van der Waals surface area contributed by atoms with Gasteiger partial charge in [-0.05, 0) is 49.7 Å². The minimum Gasteiger partial charge on any atom is -0.308 e. The number of hydrogen-bond donors (Lipinski definition) is 1. The van der Waals surface area contributed by atoms with E-state index in [9.17, 15) is 0 Å². The summed E-state index contributed by atoms with van der Waals surface area (Å²) in [6, 6.07) is 9.46. The van der Waals surface area contributed by atoms with Crippen LogP contribution in [-0.4, -0.2) is 11.6 Å². The molecule has 1 aromatic rings. The average Bonchev–Trinajstić information content (AvgIpc) is 2.53. The van der Waals surface area contributed by atoms with Gasteiger partial charge in [0.1, 0.15) is 0 Å². The molecule has 0 unspecified atom stereocenters. The van der Waals surface area contributed by atoms with Gasteiger partial charge in [0.2, 0.25) is 0 Å². The Labute approximate surface area is 112 Å². The molecule has 100 valence electrons. The van der Waals surface area contributed by atoms with Crippen molar-refractivity contribution in [3.8, 4) is 0 Å². The van der Waals surface area contributed by atoms with Gasteiger partial charge in [-0.2, -0.15) is 0 Å². The lowest BCUT2D eigenvalue weighted by Crippen LogP contribution is -2.48. The molecule has 0 bridgehead atoms. The molecule has 0 fully saturated rings. The zero-order valence-corrected chi connectivity index (χ0v) is 12.5. The molecule has 0 atom stereocenters. The highest BCUT2D eigenvalue weighted by atomic mass is 15.0. The summed E-state index contributed by atoms with van der Waals surface area (Å²) in [7, 11) is 0. The van der Waals surface area contributed by atoms with Gasteiger partial charge in [0.25, 0.3) is 0 Å². The van der Waals surface area contributed by atoms with E-state index in [0.29, 0.717) is 11.5 Å². The minimum absolute atomic E-state index is 0.213. The van der Waals surface area contributed by atoms with Crippen LogP contribution in [0.3, 0.4) is 0 Å². The second-order valence-electron chi connectivity index (χ2n) is 7.64. The monoisotopic (exact) mass is 245 g/mol. The summed E-state index contributed by atoms with van der Waals surface area (Å²) in [6.45, 7) is 11.6. The summed E-state index contributed by atoms with van der Waals surface area (Å²) in [5.74, 6) is 0. The summed E-state index contributed by atoms with van der Waals surface area (Å²) in [5.41, 5.74) is 3.65. The van der Waals surface area contributed by atoms with E-state index in [1.807, 2.05) is 0 Å². The highest BCUT2D eigenvalue weighted by Gasteiger charge is 2.30. The highest BCUT2D eigenvalue weighted by Crippen LogP contribution is 2.29. The van der Waals surface area contributed by atoms with Gasteiger partial charge in [0.05, 0.1) is 0 Å². The number of nitrogens with one attached hydrogen (secondary N) is 1. The maximum absolute atomic E-state index is 3.86. The smallest absolute Gasteiger partial charge is 0.0153 e. The average molecular weight is 245 g/mol. The molecule has 0 aliphatic heterocycles. The van der Waals surface area contributed by atoms with Crippen LogP contribution in [0.15, 0.2) is 24.3 Å². The first-order chi connectivity index (χ1) is 8.25. The molecule has 2 rings (SSSR count). The molecule has 1 N–H and O–H groups in total. The SMILES string of the molecule is CC(C)(C)CC(C)(C)NC1Cc2ccccc2C1. The van der Waals surface area contributed by atoms with E-state index in [2.05, 4.69) is 64.2 Å². The molecule has 0 amide bonds. The van der Waals surface area contributed by atoms with Gasteiger partial charge in [-0.1, -0.05) is 45.0 Å². The van der Waals surface area contributed by atoms with E-state index in [4.69, 9.17) is 0 Å². The molecule has 1 heteroatoms. The molecule has 0 heterocycles. The standard InChI is InChI=1S/C17H27N/c1-16(2,3)12-17(4,5)18-15-10-13-8-6-7-9-14(13)11-15/h6-9,15,18H,10-12H2,1-5H3. The number of rotatable bonds is 3. The normalized spacial score (nSPS) is 16.9. The van der Waals surface area contributed by atoms with Gasteiger partial charge in [0, 0.05) is 11.6 Å². The molecule has 1 aliphatic rings. The molecule has 0 radical (unpaired) electrons. The molecule has 1 nitrogen and oxygen atoms in total. The highest BCUT2D eigenvalue weighted by molar-refractivity contribution is 5.33. The van der Waals surface area contributed by atoms with Crippen molar-refractivity contribution in [1.82, 2.24) is 5.32 Å². The topological polar surface area (TPSA) is 12.0 Å². The Bertz CT molecular complexity index is 387. The Morgan fingerprint density at radius 2 is 1.50 bits per heavy atom. The van der Waals surface area contributed by atoms with Gasteiger partial charge < -0.3 is 5.32 Å². The van der Waals surface area contributed by atoms with Gasteiger partial charge in [-0.15, -0.1) is 0 Å². The predicted octanol–water partition coefficient (Wildman–Crippen LogP) is 3.96. The molecule has 0 spiro atoms. The second kappa shape index (κ2) is 4.70. The van der Waals surface area contributed by atoms with E-state index in [0.717, 1.165) is 0 Å². The molecule has 0 saturated carbocycles. The summed E-state index contributed by atoms with van der Waals surface area (Å²) >= 11 is 0. The number of hydrogen-bond acceptors (Lipinski definition) is 1. The number of fused-ring (bicyclic) bond motifs is 1. The quantitative estimate of drug-likeness (QED) is 0.850. The molecule has 1 aliphatic carbocycles. The largest absolute Gasteiger partial charge is 0.308 e. The van der Waals surface area contributed by atoms with Crippen molar-refractivity contribution in [2.75, 3.05) is 0 Å². The first-order valence-corrected chi connectivity index (χ1v) is 7.10. The van der Waals surface area contributed by atoms with Crippen molar-refractivity contribution in [2.45, 2.75) is 65.5 Å². The lowest BCUT2D eigenvalue weighted by Gasteiger charge is -2.36. The lowest BCUT2D eigenvalue weighted by atomic mass is 9.81. The van der Waals surface area contributed by atoms with Crippen LogP contribution in [0.2, 0.25) is 0 Å².